The molecule has 2 N–H and O–H groups in total. The van der Waals surface area contributed by atoms with Crippen molar-refractivity contribution in [1.82, 2.24) is 4.72 Å². The quantitative estimate of drug-likeness (QED) is 0.602. The summed E-state index contributed by atoms with van der Waals surface area (Å²) in [7, 11) is -4.24. The van der Waals surface area contributed by atoms with Crippen LogP contribution in [0.5, 0.6) is 0 Å². The van der Waals surface area contributed by atoms with E-state index in [0.29, 0.717) is 6.07 Å². The number of nitro benzene ring substituents is 1. The Morgan fingerprint density at radius 2 is 2.05 bits per heavy atom. The number of nitrogens with one attached hydrogen (secondary N) is 1. The molecule has 0 spiro atoms. The summed E-state index contributed by atoms with van der Waals surface area (Å²) in [6.07, 6.45) is 0. The lowest BCUT2D eigenvalue weighted by molar-refractivity contribution is -0.385. The Kier molecular flexibility index (Phi) is 5.15. The Hall–Kier alpha value is -1.58. The van der Waals surface area contributed by atoms with Crippen molar-refractivity contribution in [3.05, 3.63) is 34.1 Å². The molecule has 9 heteroatoms. The molecule has 0 fully saturated rings. The van der Waals surface area contributed by atoms with E-state index in [0.717, 1.165) is 12.1 Å². The van der Waals surface area contributed by atoms with Crippen molar-refractivity contribution in [3.63, 3.8) is 0 Å². The van der Waals surface area contributed by atoms with Gasteiger partial charge < -0.3 is 5.11 Å². The Morgan fingerprint density at radius 3 is 2.55 bits per heavy atom. The molecule has 1 rings (SSSR count). The maximum absolute atomic E-state index is 13.6. The van der Waals surface area contributed by atoms with E-state index in [1.165, 1.54) is 6.92 Å². The summed E-state index contributed by atoms with van der Waals surface area (Å²) in [5, 5.41) is 19.5. The van der Waals surface area contributed by atoms with Gasteiger partial charge >= 0.3 is 0 Å². The van der Waals surface area contributed by atoms with Gasteiger partial charge in [0.2, 0.25) is 10.0 Å². The third-order valence-corrected chi connectivity index (χ3v) is 4.47. The molecule has 0 aliphatic carbocycles. The highest BCUT2D eigenvalue weighted by Gasteiger charge is 2.25. The number of hydrogen-bond donors (Lipinski definition) is 2. The van der Waals surface area contributed by atoms with Crippen LogP contribution in [-0.4, -0.2) is 31.1 Å². The van der Waals surface area contributed by atoms with E-state index in [-0.39, 0.29) is 12.5 Å². The van der Waals surface area contributed by atoms with Gasteiger partial charge in [-0.2, -0.15) is 0 Å². The molecule has 0 bridgehead atoms. The standard InChI is InChI=1S/C11H15FN2O5S/c1-7(6-15)8(2)13-20(18,19)11-5-9(14(16)17)3-4-10(11)12/h3-5,7-8,13,15H,6H2,1-2H3. The monoisotopic (exact) mass is 306 g/mol. The van der Waals surface area contributed by atoms with E-state index in [1.807, 2.05) is 0 Å². The lowest BCUT2D eigenvalue weighted by Crippen LogP contribution is -2.38. The van der Waals surface area contributed by atoms with Gasteiger partial charge in [0.05, 0.1) is 4.92 Å². The van der Waals surface area contributed by atoms with Crippen LogP contribution in [0.2, 0.25) is 0 Å². The van der Waals surface area contributed by atoms with Crippen molar-refractivity contribution in [1.29, 1.82) is 0 Å². The van der Waals surface area contributed by atoms with Crippen LogP contribution in [0, 0.1) is 21.8 Å². The maximum Gasteiger partial charge on any atom is 0.270 e. The topological polar surface area (TPSA) is 110 Å². The third kappa shape index (κ3) is 3.71. The number of nitro groups is 1. The lowest BCUT2D eigenvalue weighted by atomic mass is 10.1. The van der Waals surface area contributed by atoms with E-state index in [2.05, 4.69) is 4.72 Å². The normalized spacial score (nSPS) is 14.8. The van der Waals surface area contributed by atoms with E-state index < -0.39 is 37.4 Å². The summed E-state index contributed by atoms with van der Waals surface area (Å²) in [4.78, 5) is 9.01. The molecule has 1 aromatic carbocycles. The highest BCUT2D eigenvalue weighted by Crippen LogP contribution is 2.21. The maximum atomic E-state index is 13.6. The van der Waals surface area contributed by atoms with E-state index in [9.17, 15) is 22.9 Å². The molecule has 0 aromatic heterocycles. The fraction of sp³-hybridized carbons (Fsp3) is 0.455. The van der Waals surface area contributed by atoms with Crippen LogP contribution in [0.15, 0.2) is 23.1 Å². The summed E-state index contributed by atoms with van der Waals surface area (Å²) < 4.78 is 39.8. The van der Waals surface area contributed by atoms with Crippen molar-refractivity contribution in [2.75, 3.05) is 6.61 Å². The van der Waals surface area contributed by atoms with E-state index >= 15 is 0 Å². The largest absolute Gasteiger partial charge is 0.396 e. The number of halogens is 1. The molecule has 0 aliphatic heterocycles. The van der Waals surface area contributed by atoms with Gasteiger partial charge in [-0.3, -0.25) is 10.1 Å². The number of rotatable bonds is 6. The van der Waals surface area contributed by atoms with Crippen molar-refractivity contribution >= 4 is 15.7 Å². The molecular weight excluding hydrogens is 291 g/mol. The van der Waals surface area contributed by atoms with Gasteiger partial charge in [-0.1, -0.05) is 6.92 Å². The van der Waals surface area contributed by atoms with E-state index in [4.69, 9.17) is 5.11 Å². The first-order chi connectivity index (χ1) is 9.19. The van der Waals surface area contributed by atoms with Crippen LogP contribution in [0.25, 0.3) is 0 Å². The van der Waals surface area contributed by atoms with Crippen LogP contribution in [0.4, 0.5) is 10.1 Å². The molecule has 7 nitrogen and oxygen atoms in total. The predicted octanol–water partition coefficient (Wildman–Crippen LogP) is 1.03. The molecule has 0 saturated heterocycles. The number of aliphatic hydroxyl groups is 1. The van der Waals surface area contributed by atoms with E-state index in [1.54, 1.807) is 6.92 Å². The second-order valence-electron chi connectivity index (χ2n) is 4.44. The van der Waals surface area contributed by atoms with Crippen LogP contribution in [-0.2, 0) is 10.0 Å². The van der Waals surface area contributed by atoms with Gasteiger partial charge in [0.25, 0.3) is 5.69 Å². The number of aliphatic hydroxyl groups excluding tert-OH is 1. The smallest absolute Gasteiger partial charge is 0.270 e. The number of sulfonamides is 1. The molecule has 0 radical (unpaired) electrons. The second kappa shape index (κ2) is 6.25. The molecule has 0 heterocycles. The molecule has 0 aliphatic rings. The summed E-state index contributed by atoms with van der Waals surface area (Å²) in [5.74, 6) is -1.46. The van der Waals surface area contributed by atoms with Gasteiger partial charge in [-0.15, -0.1) is 0 Å². The van der Waals surface area contributed by atoms with Gasteiger partial charge in [0, 0.05) is 24.8 Å². The minimum Gasteiger partial charge on any atom is -0.396 e. The molecule has 0 saturated carbocycles. The molecule has 2 atom stereocenters. The predicted molar refractivity (Wildman–Crippen MR) is 69.1 cm³/mol. The Labute approximate surface area is 115 Å². The second-order valence-corrected chi connectivity index (χ2v) is 6.12. The van der Waals surface area contributed by atoms with Crippen LogP contribution >= 0.6 is 0 Å². The summed E-state index contributed by atoms with van der Waals surface area (Å²) in [6.45, 7) is 2.87. The average Bonchev–Trinajstić information content (AvgIpc) is 2.37. The fourth-order valence-electron chi connectivity index (χ4n) is 1.39. The highest BCUT2D eigenvalue weighted by molar-refractivity contribution is 7.89. The van der Waals surface area contributed by atoms with Crippen molar-refractivity contribution in [2.45, 2.75) is 24.8 Å². The van der Waals surface area contributed by atoms with Crippen LogP contribution in [0.1, 0.15) is 13.8 Å². The highest BCUT2D eigenvalue weighted by atomic mass is 32.2. The number of benzene rings is 1. The molecule has 2 unspecified atom stereocenters. The first kappa shape index (κ1) is 16.5. The molecule has 0 amide bonds. The summed E-state index contributed by atoms with van der Waals surface area (Å²) in [6, 6.07) is 1.62. The van der Waals surface area contributed by atoms with Gasteiger partial charge in [0.1, 0.15) is 10.7 Å². The lowest BCUT2D eigenvalue weighted by Gasteiger charge is -2.19. The van der Waals surface area contributed by atoms with Crippen molar-refractivity contribution in [3.8, 4) is 0 Å². The minimum atomic E-state index is -4.24. The fourth-order valence-corrected chi connectivity index (χ4v) is 2.84. The Balaban J connectivity index is 3.15. The number of non-ortho nitro benzene ring substituents is 1. The molecular formula is C11H15FN2O5S. The minimum absolute atomic E-state index is 0.249. The average molecular weight is 306 g/mol. The Morgan fingerprint density at radius 1 is 1.45 bits per heavy atom. The summed E-state index contributed by atoms with van der Waals surface area (Å²) in [5.41, 5.74) is -0.519. The SMILES string of the molecule is CC(CO)C(C)NS(=O)(=O)c1cc([N+](=O)[O-])ccc1F. The van der Waals surface area contributed by atoms with Crippen molar-refractivity contribution < 1.29 is 22.8 Å². The zero-order chi connectivity index (χ0) is 15.5. The van der Waals surface area contributed by atoms with Crippen molar-refractivity contribution in [2.24, 2.45) is 5.92 Å². The molecule has 20 heavy (non-hydrogen) atoms. The molecule has 112 valence electrons. The van der Waals surface area contributed by atoms with Gasteiger partial charge in [0.15, 0.2) is 0 Å². The summed E-state index contributed by atoms with van der Waals surface area (Å²) >= 11 is 0. The zero-order valence-corrected chi connectivity index (χ0v) is 11.7. The Bertz CT molecular complexity index is 605. The number of nitrogens with zero attached hydrogens (tertiary/aromatic N) is 1. The third-order valence-electron chi connectivity index (χ3n) is 2.90. The molecule has 1 aromatic rings. The first-order valence-electron chi connectivity index (χ1n) is 5.76. The number of hydrogen-bond acceptors (Lipinski definition) is 5. The van der Waals surface area contributed by atoms with Crippen LogP contribution < -0.4 is 4.72 Å². The van der Waals surface area contributed by atoms with Crippen LogP contribution in [0.3, 0.4) is 0 Å². The van der Waals surface area contributed by atoms with Gasteiger partial charge in [-0.25, -0.2) is 17.5 Å². The zero-order valence-electron chi connectivity index (χ0n) is 10.9. The van der Waals surface area contributed by atoms with Gasteiger partial charge in [-0.05, 0) is 18.9 Å². The first-order valence-corrected chi connectivity index (χ1v) is 7.24.